The molecule has 2 aliphatic rings. The molecule has 3 nitrogen and oxygen atoms in total. The normalized spacial score (nSPS) is 30.0. The Labute approximate surface area is 123 Å². The molecule has 1 heterocycles. The molecular weight excluding hydrogens is 246 g/mol. The molecule has 4 unspecified atom stereocenters. The number of aromatic nitrogens is 2. The first kappa shape index (κ1) is 14.1. The monoisotopic (exact) mass is 275 g/mol. The van der Waals surface area contributed by atoms with Crippen LogP contribution in [0.3, 0.4) is 0 Å². The van der Waals surface area contributed by atoms with Gasteiger partial charge < -0.3 is 5.32 Å². The van der Waals surface area contributed by atoms with Gasteiger partial charge in [-0.15, -0.1) is 0 Å². The van der Waals surface area contributed by atoms with Crippen LogP contribution in [0.5, 0.6) is 0 Å². The van der Waals surface area contributed by atoms with Crippen LogP contribution in [0.15, 0.2) is 12.4 Å². The lowest BCUT2D eigenvalue weighted by atomic mass is 9.83. The van der Waals surface area contributed by atoms with Crippen LogP contribution in [0.1, 0.15) is 51.0 Å². The highest BCUT2D eigenvalue weighted by Crippen LogP contribution is 2.49. The summed E-state index contributed by atoms with van der Waals surface area (Å²) in [7, 11) is 2.01. The molecule has 112 valence electrons. The first-order chi connectivity index (χ1) is 9.74. The summed E-state index contributed by atoms with van der Waals surface area (Å²) in [5.74, 6) is 3.09. The number of fused-ring (bicyclic) bond motifs is 2. The van der Waals surface area contributed by atoms with Crippen molar-refractivity contribution in [1.82, 2.24) is 15.1 Å². The van der Waals surface area contributed by atoms with Gasteiger partial charge in [-0.1, -0.05) is 13.3 Å². The van der Waals surface area contributed by atoms with Crippen molar-refractivity contribution in [2.45, 2.75) is 57.9 Å². The Bertz CT molecular complexity index is 426. The highest BCUT2D eigenvalue weighted by Gasteiger charge is 2.39. The van der Waals surface area contributed by atoms with Crippen LogP contribution in [-0.4, -0.2) is 22.4 Å². The van der Waals surface area contributed by atoms with Gasteiger partial charge in [-0.25, -0.2) is 0 Å². The molecule has 0 aliphatic heterocycles. The molecule has 0 saturated heterocycles. The van der Waals surface area contributed by atoms with Crippen molar-refractivity contribution >= 4 is 0 Å². The minimum absolute atomic E-state index is 0.642. The van der Waals surface area contributed by atoms with Crippen molar-refractivity contribution < 1.29 is 0 Å². The molecule has 1 aromatic rings. The smallest absolute Gasteiger partial charge is 0.0522 e. The van der Waals surface area contributed by atoms with Crippen molar-refractivity contribution in [3.05, 3.63) is 18.0 Å². The van der Waals surface area contributed by atoms with Crippen molar-refractivity contribution in [3.8, 4) is 0 Å². The van der Waals surface area contributed by atoms with Crippen LogP contribution in [0.4, 0.5) is 0 Å². The fraction of sp³-hybridized carbons (Fsp3) is 0.824. The first-order valence-electron chi connectivity index (χ1n) is 8.45. The third-order valence-corrected chi connectivity index (χ3v) is 5.40. The van der Waals surface area contributed by atoms with Crippen LogP contribution in [0, 0.1) is 17.8 Å². The highest BCUT2D eigenvalue weighted by atomic mass is 15.2. The van der Waals surface area contributed by atoms with Gasteiger partial charge in [0.1, 0.15) is 0 Å². The molecule has 2 bridgehead atoms. The fourth-order valence-corrected chi connectivity index (χ4v) is 4.48. The molecular formula is C17H29N3. The summed E-state index contributed by atoms with van der Waals surface area (Å²) < 4.78 is 1.92. The van der Waals surface area contributed by atoms with Gasteiger partial charge in [0, 0.05) is 19.3 Å². The van der Waals surface area contributed by atoms with Gasteiger partial charge in [-0.05, 0) is 68.4 Å². The lowest BCUT2D eigenvalue weighted by Gasteiger charge is -2.27. The second-order valence-corrected chi connectivity index (χ2v) is 7.05. The van der Waals surface area contributed by atoms with E-state index in [0.717, 1.165) is 30.7 Å². The average molecular weight is 275 g/mol. The largest absolute Gasteiger partial charge is 0.314 e. The van der Waals surface area contributed by atoms with Crippen LogP contribution in [0.25, 0.3) is 0 Å². The van der Waals surface area contributed by atoms with E-state index < -0.39 is 0 Å². The summed E-state index contributed by atoms with van der Waals surface area (Å²) in [5, 5.41) is 8.09. The molecule has 4 atom stereocenters. The molecule has 2 saturated carbocycles. The summed E-state index contributed by atoms with van der Waals surface area (Å²) in [4.78, 5) is 0. The van der Waals surface area contributed by atoms with E-state index in [4.69, 9.17) is 0 Å². The maximum Gasteiger partial charge on any atom is 0.0522 e. The Kier molecular flexibility index (Phi) is 4.45. The van der Waals surface area contributed by atoms with Crippen molar-refractivity contribution in [2.24, 2.45) is 24.8 Å². The quantitative estimate of drug-likeness (QED) is 0.828. The lowest BCUT2D eigenvalue weighted by Crippen LogP contribution is -2.34. The summed E-state index contributed by atoms with van der Waals surface area (Å²) in [6.45, 7) is 3.40. The van der Waals surface area contributed by atoms with Gasteiger partial charge in [-0.2, -0.15) is 5.10 Å². The van der Waals surface area contributed by atoms with E-state index in [1.54, 1.807) is 0 Å². The van der Waals surface area contributed by atoms with E-state index in [-0.39, 0.29) is 0 Å². The SMILES string of the molecule is CCCNC(Cc1cnn(C)c1)CC1CC2CCC1C2. The molecule has 20 heavy (non-hydrogen) atoms. The van der Waals surface area contributed by atoms with E-state index in [1.807, 2.05) is 17.9 Å². The highest BCUT2D eigenvalue weighted by molar-refractivity contribution is 5.06. The fourth-order valence-electron chi connectivity index (χ4n) is 4.48. The summed E-state index contributed by atoms with van der Waals surface area (Å²) in [5.41, 5.74) is 1.38. The third kappa shape index (κ3) is 3.25. The summed E-state index contributed by atoms with van der Waals surface area (Å²) in [6, 6.07) is 0.642. The number of aryl methyl sites for hydroxylation is 1. The predicted octanol–water partition coefficient (Wildman–Crippen LogP) is 3.16. The number of nitrogens with one attached hydrogen (secondary N) is 1. The third-order valence-electron chi connectivity index (χ3n) is 5.40. The zero-order valence-corrected chi connectivity index (χ0v) is 13.0. The Morgan fingerprint density at radius 2 is 2.30 bits per heavy atom. The van der Waals surface area contributed by atoms with Gasteiger partial charge in [0.25, 0.3) is 0 Å². The van der Waals surface area contributed by atoms with Gasteiger partial charge >= 0.3 is 0 Å². The summed E-state index contributed by atoms with van der Waals surface area (Å²) >= 11 is 0. The average Bonchev–Trinajstić information content (AvgIpc) is 3.13. The van der Waals surface area contributed by atoms with Gasteiger partial charge in [0.2, 0.25) is 0 Å². The molecule has 3 rings (SSSR count). The van der Waals surface area contributed by atoms with E-state index in [2.05, 4.69) is 23.5 Å². The van der Waals surface area contributed by atoms with Crippen LogP contribution >= 0.6 is 0 Å². The number of hydrogen-bond acceptors (Lipinski definition) is 2. The molecule has 3 heteroatoms. The van der Waals surface area contributed by atoms with Gasteiger partial charge in [-0.3, -0.25) is 4.68 Å². The minimum atomic E-state index is 0.642. The second-order valence-electron chi connectivity index (χ2n) is 7.05. The van der Waals surface area contributed by atoms with Crippen LogP contribution in [0.2, 0.25) is 0 Å². The van der Waals surface area contributed by atoms with E-state index in [9.17, 15) is 0 Å². The Morgan fingerprint density at radius 3 is 2.90 bits per heavy atom. The standard InChI is InChI=1S/C17H29N3/c1-3-6-18-17(9-14-11-19-20(2)12-14)10-16-8-13-4-5-15(16)7-13/h11-13,15-18H,3-10H2,1-2H3. The molecule has 1 N–H and O–H groups in total. The van der Waals surface area contributed by atoms with Crippen molar-refractivity contribution in [1.29, 1.82) is 0 Å². The zero-order valence-electron chi connectivity index (χ0n) is 13.0. The first-order valence-corrected chi connectivity index (χ1v) is 8.45. The Hall–Kier alpha value is -0.830. The van der Waals surface area contributed by atoms with Gasteiger partial charge in [0.15, 0.2) is 0 Å². The van der Waals surface area contributed by atoms with E-state index in [1.165, 1.54) is 44.1 Å². The molecule has 2 aliphatic carbocycles. The molecule has 0 amide bonds. The van der Waals surface area contributed by atoms with Crippen LogP contribution < -0.4 is 5.32 Å². The van der Waals surface area contributed by atoms with E-state index >= 15 is 0 Å². The molecule has 0 radical (unpaired) electrons. The maximum atomic E-state index is 4.31. The van der Waals surface area contributed by atoms with Crippen molar-refractivity contribution in [3.63, 3.8) is 0 Å². The number of nitrogens with zero attached hydrogens (tertiary/aromatic N) is 2. The topological polar surface area (TPSA) is 29.9 Å². The van der Waals surface area contributed by atoms with Crippen molar-refractivity contribution in [2.75, 3.05) is 6.54 Å². The zero-order chi connectivity index (χ0) is 13.9. The number of rotatable bonds is 7. The lowest BCUT2D eigenvalue weighted by molar-refractivity contribution is 0.276. The maximum absolute atomic E-state index is 4.31. The second kappa shape index (κ2) is 6.30. The molecule has 0 aromatic carbocycles. The predicted molar refractivity (Wildman–Crippen MR) is 82.5 cm³/mol. The van der Waals surface area contributed by atoms with Gasteiger partial charge in [0.05, 0.1) is 6.20 Å². The van der Waals surface area contributed by atoms with Crippen LogP contribution in [-0.2, 0) is 13.5 Å². The summed E-state index contributed by atoms with van der Waals surface area (Å²) in [6.07, 6.45) is 14.0. The minimum Gasteiger partial charge on any atom is -0.314 e. The molecule has 1 aromatic heterocycles. The molecule has 2 fully saturated rings. The molecule has 0 spiro atoms. The van der Waals surface area contributed by atoms with E-state index in [0.29, 0.717) is 6.04 Å². The number of hydrogen-bond donors (Lipinski definition) is 1. The Morgan fingerprint density at radius 1 is 1.40 bits per heavy atom. The Balaban J connectivity index is 1.57.